The second kappa shape index (κ2) is 7.82. The van der Waals surface area contributed by atoms with E-state index in [0.29, 0.717) is 5.57 Å². The molecule has 0 saturated heterocycles. The molecule has 0 radical (unpaired) electrons. The van der Waals surface area contributed by atoms with E-state index in [2.05, 4.69) is 42.5 Å². The number of ether oxygens (including phenoxy) is 1. The molecule has 0 aliphatic heterocycles. The average Bonchev–Trinajstić information content (AvgIpc) is 2.78. The summed E-state index contributed by atoms with van der Waals surface area (Å²) in [6, 6.07) is 34.7. The minimum atomic E-state index is 0.644. The van der Waals surface area contributed by atoms with Crippen LogP contribution in [0.15, 0.2) is 97.1 Å². The number of nitriles is 1. The van der Waals surface area contributed by atoms with Crippen molar-refractivity contribution in [2.45, 2.75) is 0 Å². The quantitative estimate of drug-likeness (QED) is 0.314. The fourth-order valence-electron chi connectivity index (χ4n) is 3.51. The lowest BCUT2D eigenvalue weighted by molar-refractivity contribution is 0.415. The molecule has 0 bridgehead atoms. The summed E-state index contributed by atoms with van der Waals surface area (Å²) >= 11 is 0. The van der Waals surface area contributed by atoms with Crippen molar-refractivity contribution >= 4 is 21.9 Å². The van der Waals surface area contributed by atoms with Crippen molar-refractivity contribution in [2.24, 2.45) is 0 Å². The number of allylic oxidation sites excluding steroid dienone is 1. The summed E-state index contributed by atoms with van der Waals surface area (Å²) in [6.07, 6.45) is 0. The molecule has 0 fully saturated rings. The molecule has 0 N–H and O–H groups in total. The fourth-order valence-corrected chi connectivity index (χ4v) is 3.51. The van der Waals surface area contributed by atoms with E-state index in [1.165, 1.54) is 0 Å². The minimum absolute atomic E-state index is 0.644. The van der Waals surface area contributed by atoms with Gasteiger partial charge >= 0.3 is 0 Å². The van der Waals surface area contributed by atoms with Gasteiger partial charge in [-0.3, -0.25) is 0 Å². The van der Waals surface area contributed by atoms with Crippen LogP contribution in [0.2, 0.25) is 0 Å². The van der Waals surface area contributed by atoms with Crippen LogP contribution in [0.3, 0.4) is 0 Å². The molecule has 0 amide bonds. The molecule has 0 aliphatic rings. The maximum atomic E-state index is 10.1. The van der Waals surface area contributed by atoms with Crippen LogP contribution in [0.5, 0.6) is 5.75 Å². The number of benzene rings is 4. The van der Waals surface area contributed by atoms with Gasteiger partial charge in [-0.1, -0.05) is 72.8 Å². The first kappa shape index (κ1) is 17.6. The lowest BCUT2D eigenvalue weighted by Gasteiger charge is -2.15. The molecule has 0 atom stereocenters. The highest BCUT2D eigenvalue weighted by Crippen LogP contribution is 2.36. The predicted molar refractivity (Wildman–Crippen MR) is 115 cm³/mol. The number of nitrogens with zero attached hydrogens (tertiary/aromatic N) is 1. The number of rotatable bonds is 4. The highest BCUT2D eigenvalue weighted by Gasteiger charge is 2.16. The third kappa shape index (κ3) is 3.26. The zero-order valence-corrected chi connectivity index (χ0v) is 15.6. The van der Waals surface area contributed by atoms with Crippen LogP contribution >= 0.6 is 0 Å². The van der Waals surface area contributed by atoms with Gasteiger partial charge in [0.1, 0.15) is 11.8 Å². The van der Waals surface area contributed by atoms with Gasteiger partial charge in [-0.05, 0) is 51.7 Å². The van der Waals surface area contributed by atoms with Crippen molar-refractivity contribution < 1.29 is 4.74 Å². The molecule has 4 aromatic carbocycles. The molecule has 0 saturated carbocycles. The van der Waals surface area contributed by atoms with E-state index in [1.807, 2.05) is 60.7 Å². The Morgan fingerprint density at radius 1 is 0.714 bits per heavy atom. The third-order valence-corrected chi connectivity index (χ3v) is 4.86. The van der Waals surface area contributed by atoms with E-state index in [0.717, 1.165) is 38.8 Å². The fraction of sp³-hybridized carbons (Fsp3) is 0.0385. The lowest BCUT2D eigenvalue weighted by Crippen LogP contribution is -1.95. The third-order valence-electron chi connectivity index (χ3n) is 4.86. The Kier molecular flexibility index (Phi) is 4.91. The van der Waals surface area contributed by atoms with Gasteiger partial charge in [0.05, 0.1) is 12.7 Å². The molecule has 0 heterocycles. The molecular weight excluding hydrogens is 342 g/mol. The molecule has 2 nitrogen and oxygen atoms in total. The van der Waals surface area contributed by atoms with E-state index in [9.17, 15) is 5.26 Å². The van der Waals surface area contributed by atoms with Crippen molar-refractivity contribution in [1.29, 1.82) is 5.26 Å². The molecule has 2 heteroatoms. The second-order valence-electron chi connectivity index (χ2n) is 6.48. The number of hydrogen-bond acceptors (Lipinski definition) is 2. The summed E-state index contributed by atoms with van der Waals surface area (Å²) in [5, 5.41) is 12.4. The van der Waals surface area contributed by atoms with E-state index in [-0.39, 0.29) is 0 Å². The van der Waals surface area contributed by atoms with E-state index in [1.54, 1.807) is 7.11 Å². The van der Waals surface area contributed by atoms with Gasteiger partial charge in [-0.2, -0.15) is 5.26 Å². The van der Waals surface area contributed by atoms with Crippen molar-refractivity contribution in [3.63, 3.8) is 0 Å². The van der Waals surface area contributed by atoms with Gasteiger partial charge in [-0.15, -0.1) is 0 Å². The summed E-state index contributed by atoms with van der Waals surface area (Å²) in [4.78, 5) is 0. The Balaban J connectivity index is 2.05. The summed E-state index contributed by atoms with van der Waals surface area (Å²) in [7, 11) is 1.64. The van der Waals surface area contributed by atoms with Gasteiger partial charge in [0.25, 0.3) is 0 Å². The molecule has 134 valence electrons. The molecule has 0 unspecified atom stereocenters. The first-order valence-corrected chi connectivity index (χ1v) is 9.14. The Morgan fingerprint density at radius 3 is 2.11 bits per heavy atom. The number of hydrogen-bond donors (Lipinski definition) is 0. The van der Waals surface area contributed by atoms with Crippen LogP contribution in [0.25, 0.3) is 21.9 Å². The Bertz CT molecular complexity index is 1180. The summed E-state index contributed by atoms with van der Waals surface area (Å²) in [5.74, 6) is 0.771. The van der Waals surface area contributed by atoms with Crippen molar-refractivity contribution in [2.75, 3.05) is 7.11 Å². The van der Waals surface area contributed by atoms with Crippen LogP contribution in [0.1, 0.15) is 16.7 Å². The highest BCUT2D eigenvalue weighted by atomic mass is 16.5. The van der Waals surface area contributed by atoms with Crippen molar-refractivity contribution in [1.82, 2.24) is 0 Å². The minimum Gasteiger partial charge on any atom is -0.497 e. The van der Waals surface area contributed by atoms with Crippen LogP contribution in [0.4, 0.5) is 0 Å². The zero-order chi connectivity index (χ0) is 19.3. The Hall–Kier alpha value is -3.83. The number of methoxy groups -OCH3 is 1. The van der Waals surface area contributed by atoms with Gasteiger partial charge in [-0.25, -0.2) is 0 Å². The van der Waals surface area contributed by atoms with E-state index in [4.69, 9.17) is 4.74 Å². The van der Waals surface area contributed by atoms with Crippen LogP contribution in [0, 0.1) is 11.3 Å². The molecule has 0 aliphatic carbocycles. The zero-order valence-electron chi connectivity index (χ0n) is 15.6. The first-order valence-electron chi connectivity index (χ1n) is 9.14. The van der Waals surface area contributed by atoms with Crippen LogP contribution < -0.4 is 4.74 Å². The highest BCUT2D eigenvalue weighted by molar-refractivity contribution is 6.09. The van der Waals surface area contributed by atoms with Crippen LogP contribution in [-0.4, -0.2) is 7.11 Å². The normalized spacial score (nSPS) is 11.6. The largest absolute Gasteiger partial charge is 0.497 e. The van der Waals surface area contributed by atoms with E-state index >= 15 is 0 Å². The van der Waals surface area contributed by atoms with Crippen molar-refractivity contribution in [3.8, 4) is 11.8 Å². The summed E-state index contributed by atoms with van der Waals surface area (Å²) < 4.78 is 5.27. The lowest BCUT2D eigenvalue weighted by atomic mass is 9.87. The maximum Gasteiger partial charge on any atom is 0.118 e. The van der Waals surface area contributed by atoms with Gasteiger partial charge in [0.15, 0.2) is 0 Å². The van der Waals surface area contributed by atoms with Gasteiger partial charge in [0.2, 0.25) is 0 Å². The van der Waals surface area contributed by atoms with Gasteiger partial charge in [0, 0.05) is 5.57 Å². The number of fused-ring (bicyclic) bond motifs is 1. The smallest absolute Gasteiger partial charge is 0.118 e. The van der Waals surface area contributed by atoms with Crippen LogP contribution in [-0.2, 0) is 0 Å². The standard InChI is InChI=1S/C26H19NO/c1-28-22-16-14-20(15-17-22)25(18-27)26(21-9-3-2-4-10-21)24-13-7-11-19-8-5-6-12-23(19)24/h2-17H,1H3/b26-25+. The monoisotopic (exact) mass is 361 g/mol. The molecule has 0 spiro atoms. The Morgan fingerprint density at radius 2 is 1.39 bits per heavy atom. The van der Waals surface area contributed by atoms with Gasteiger partial charge < -0.3 is 4.74 Å². The second-order valence-corrected chi connectivity index (χ2v) is 6.48. The molecule has 4 aromatic rings. The Labute approximate surface area is 165 Å². The molecule has 4 rings (SSSR count). The SMILES string of the molecule is COc1ccc(/C(C#N)=C(\c2ccccc2)c2cccc3ccccc23)cc1. The first-order chi connectivity index (χ1) is 13.8. The molecule has 0 aromatic heterocycles. The van der Waals surface area contributed by atoms with E-state index < -0.39 is 0 Å². The van der Waals surface area contributed by atoms with Crippen molar-refractivity contribution in [3.05, 3.63) is 114 Å². The summed E-state index contributed by atoms with van der Waals surface area (Å²) in [5.41, 5.74) is 4.52. The molecule has 28 heavy (non-hydrogen) atoms. The predicted octanol–water partition coefficient (Wildman–Crippen LogP) is 6.33. The topological polar surface area (TPSA) is 33.0 Å². The summed E-state index contributed by atoms with van der Waals surface area (Å²) in [6.45, 7) is 0. The molecular formula is C26H19NO. The average molecular weight is 361 g/mol. The maximum absolute atomic E-state index is 10.1.